The third-order valence-corrected chi connectivity index (χ3v) is 9.00. The Labute approximate surface area is 257 Å². The summed E-state index contributed by atoms with van der Waals surface area (Å²) in [6.07, 6.45) is 7.05. The lowest BCUT2D eigenvalue weighted by molar-refractivity contribution is -0.117. The fourth-order valence-corrected chi connectivity index (χ4v) is 6.18. The van der Waals surface area contributed by atoms with Crippen LogP contribution in [0.5, 0.6) is 0 Å². The zero-order valence-electron chi connectivity index (χ0n) is 25.7. The number of nitrogens with zero attached hydrogens (tertiary/aromatic N) is 5. The SMILES string of the molecule is C=C(O/N=C(\C)C1CCN(c2ncnc3c(-c4ccc(N5C(=O)CCC5CO)c(F)c4)ccc(F)c23)CC1)C(C)CCCC. The number of aliphatic hydroxyl groups excluding tert-OH is 1. The minimum Gasteiger partial charge on any atom is -0.394 e. The maximum atomic E-state index is 15.4. The van der Waals surface area contributed by atoms with E-state index >= 15 is 8.78 Å². The van der Waals surface area contributed by atoms with E-state index in [0.29, 0.717) is 47.7 Å². The first-order chi connectivity index (χ1) is 21.2. The van der Waals surface area contributed by atoms with Gasteiger partial charge in [-0.3, -0.25) is 4.79 Å². The Morgan fingerprint density at radius 2 is 1.93 bits per heavy atom. The first-order valence-electron chi connectivity index (χ1n) is 15.5. The molecule has 0 radical (unpaired) electrons. The lowest BCUT2D eigenvalue weighted by Gasteiger charge is -2.33. The summed E-state index contributed by atoms with van der Waals surface area (Å²) >= 11 is 0. The summed E-state index contributed by atoms with van der Waals surface area (Å²) < 4.78 is 30.8. The zero-order valence-corrected chi connectivity index (χ0v) is 25.7. The van der Waals surface area contributed by atoms with Gasteiger partial charge < -0.3 is 19.7 Å². The van der Waals surface area contributed by atoms with Crippen molar-refractivity contribution < 1.29 is 23.5 Å². The molecule has 0 spiro atoms. The van der Waals surface area contributed by atoms with Gasteiger partial charge in [0.25, 0.3) is 0 Å². The van der Waals surface area contributed by atoms with E-state index in [4.69, 9.17) is 4.84 Å². The second-order valence-corrected chi connectivity index (χ2v) is 11.9. The van der Waals surface area contributed by atoms with Crippen LogP contribution in [0.1, 0.15) is 65.7 Å². The largest absolute Gasteiger partial charge is 0.394 e. The first kappa shape index (κ1) is 31.5. The number of carbonyl (C=O) groups is 1. The Bertz CT molecular complexity index is 1550. The van der Waals surface area contributed by atoms with Crippen LogP contribution in [0.4, 0.5) is 20.3 Å². The summed E-state index contributed by atoms with van der Waals surface area (Å²) in [7, 11) is 0. The van der Waals surface area contributed by atoms with Gasteiger partial charge in [0.15, 0.2) is 0 Å². The molecule has 3 aromatic rings. The molecular weight excluding hydrogens is 564 g/mol. The minimum absolute atomic E-state index is 0.124. The van der Waals surface area contributed by atoms with Crippen molar-refractivity contribution in [3.63, 3.8) is 0 Å². The van der Waals surface area contributed by atoms with E-state index in [2.05, 4.69) is 40.4 Å². The van der Waals surface area contributed by atoms with Gasteiger partial charge >= 0.3 is 0 Å². The Morgan fingerprint density at radius 3 is 2.64 bits per heavy atom. The predicted octanol–water partition coefficient (Wildman–Crippen LogP) is 7.01. The van der Waals surface area contributed by atoms with Crippen LogP contribution in [0.15, 0.2) is 54.2 Å². The van der Waals surface area contributed by atoms with E-state index in [-0.39, 0.29) is 41.8 Å². The number of oxime groups is 1. The molecule has 2 aromatic carbocycles. The van der Waals surface area contributed by atoms with Gasteiger partial charge in [0, 0.05) is 36.9 Å². The van der Waals surface area contributed by atoms with Crippen LogP contribution in [0, 0.1) is 23.5 Å². The number of carbonyl (C=O) groups excluding carboxylic acids is 1. The summed E-state index contributed by atoms with van der Waals surface area (Å²) in [6.45, 7) is 11.4. The van der Waals surface area contributed by atoms with E-state index in [0.717, 1.165) is 37.8 Å². The molecule has 2 aliphatic rings. The van der Waals surface area contributed by atoms with Gasteiger partial charge in [0.05, 0.1) is 35.0 Å². The van der Waals surface area contributed by atoms with Crippen molar-refractivity contribution in [2.24, 2.45) is 17.0 Å². The quantitative estimate of drug-likeness (QED) is 0.144. The topological polar surface area (TPSA) is 91.2 Å². The van der Waals surface area contributed by atoms with Crippen molar-refractivity contribution in [3.8, 4) is 11.1 Å². The predicted molar refractivity (Wildman–Crippen MR) is 169 cm³/mol. The van der Waals surface area contributed by atoms with Crippen LogP contribution in [-0.2, 0) is 9.63 Å². The van der Waals surface area contributed by atoms with Crippen LogP contribution in [0.25, 0.3) is 22.0 Å². The molecule has 0 aliphatic carbocycles. The molecular formula is C34H41F2N5O3. The summed E-state index contributed by atoms with van der Waals surface area (Å²) in [6, 6.07) is 7.06. The molecule has 1 aromatic heterocycles. The number of rotatable bonds is 11. The number of unbranched alkanes of at least 4 members (excludes halogenated alkanes) is 1. The van der Waals surface area contributed by atoms with E-state index in [1.807, 2.05) is 6.92 Å². The second kappa shape index (κ2) is 13.8. The molecule has 2 atom stereocenters. The molecule has 0 bridgehead atoms. The van der Waals surface area contributed by atoms with Crippen molar-refractivity contribution in [1.29, 1.82) is 0 Å². The first-order valence-corrected chi connectivity index (χ1v) is 15.5. The Morgan fingerprint density at radius 1 is 1.16 bits per heavy atom. The average molecular weight is 606 g/mol. The van der Waals surface area contributed by atoms with E-state index in [9.17, 15) is 9.90 Å². The molecule has 2 unspecified atom stereocenters. The number of hydrogen-bond acceptors (Lipinski definition) is 7. The van der Waals surface area contributed by atoms with Gasteiger partial charge in [-0.05, 0) is 62.4 Å². The van der Waals surface area contributed by atoms with Crippen molar-refractivity contribution in [2.75, 3.05) is 29.5 Å². The summed E-state index contributed by atoms with van der Waals surface area (Å²) in [4.78, 5) is 30.3. The van der Waals surface area contributed by atoms with Crippen LogP contribution >= 0.6 is 0 Å². The van der Waals surface area contributed by atoms with E-state index in [1.54, 1.807) is 12.1 Å². The van der Waals surface area contributed by atoms with Crippen LogP contribution in [0.3, 0.4) is 0 Å². The molecule has 8 nitrogen and oxygen atoms in total. The number of anilines is 2. The molecule has 2 saturated heterocycles. The molecule has 2 fully saturated rings. The number of amides is 1. The molecule has 0 saturated carbocycles. The molecule has 234 valence electrons. The highest BCUT2D eigenvalue weighted by atomic mass is 19.1. The third-order valence-electron chi connectivity index (χ3n) is 9.00. The fourth-order valence-electron chi connectivity index (χ4n) is 6.18. The van der Waals surface area contributed by atoms with Gasteiger partial charge in [0.2, 0.25) is 5.91 Å². The van der Waals surface area contributed by atoms with E-state index < -0.39 is 17.7 Å². The number of allylic oxidation sites excluding steroid dienone is 1. The highest BCUT2D eigenvalue weighted by Gasteiger charge is 2.33. The molecule has 1 N–H and O–H groups in total. The highest BCUT2D eigenvalue weighted by Crippen LogP contribution is 2.37. The lowest BCUT2D eigenvalue weighted by atomic mass is 9.92. The smallest absolute Gasteiger partial charge is 0.227 e. The van der Waals surface area contributed by atoms with Gasteiger partial charge in [-0.15, -0.1) is 0 Å². The Balaban J connectivity index is 1.34. The summed E-state index contributed by atoms with van der Waals surface area (Å²) in [5.41, 5.74) is 2.49. The number of fused-ring (bicyclic) bond motifs is 1. The molecule has 10 heteroatoms. The molecule has 44 heavy (non-hydrogen) atoms. The number of aromatic nitrogens is 2. The molecule has 1 amide bonds. The second-order valence-electron chi connectivity index (χ2n) is 11.9. The number of halogens is 2. The normalized spacial score (nSPS) is 18.7. The molecule has 2 aliphatic heterocycles. The Hall–Kier alpha value is -3.92. The number of benzene rings is 2. The van der Waals surface area contributed by atoms with Crippen LogP contribution in [-0.4, -0.2) is 52.4 Å². The maximum Gasteiger partial charge on any atom is 0.227 e. The van der Waals surface area contributed by atoms with Crippen LogP contribution < -0.4 is 9.80 Å². The average Bonchev–Trinajstić information content (AvgIpc) is 3.42. The fraction of sp³-hybridized carbons (Fsp3) is 0.471. The number of piperidine rings is 1. The maximum absolute atomic E-state index is 15.4. The van der Waals surface area contributed by atoms with Gasteiger partial charge in [-0.25, -0.2) is 18.7 Å². The monoisotopic (exact) mass is 605 g/mol. The van der Waals surface area contributed by atoms with Gasteiger partial charge in [0.1, 0.15) is 29.5 Å². The minimum atomic E-state index is -0.593. The standard InChI is InChI=1S/C34H41F2N5O3/c1-5-6-7-21(2)23(4)44-39-22(3)24-14-16-40(17-15-24)34-32-28(35)11-10-27(33(32)37-20-38-34)25-8-12-30(29(36)18-25)41-26(19-42)9-13-31(41)43/h8,10-12,18,20-21,24,26,42H,4-7,9,13-17,19H2,1-3H3/b39-22+. The molecule has 3 heterocycles. The summed E-state index contributed by atoms with van der Waals surface area (Å²) in [5, 5.41) is 14.3. The lowest BCUT2D eigenvalue weighted by Crippen LogP contribution is -2.36. The van der Waals surface area contributed by atoms with Crippen molar-refractivity contribution in [1.82, 2.24) is 9.97 Å². The highest BCUT2D eigenvalue weighted by molar-refractivity contribution is 6.01. The Kier molecular flexibility index (Phi) is 9.88. The molecule has 5 rings (SSSR count). The van der Waals surface area contributed by atoms with Crippen molar-refractivity contribution >= 4 is 34.0 Å². The number of aliphatic hydroxyl groups is 1. The van der Waals surface area contributed by atoms with E-state index in [1.165, 1.54) is 29.4 Å². The van der Waals surface area contributed by atoms with Crippen molar-refractivity contribution in [3.05, 3.63) is 60.6 Å². The zero-order chi connectivity index (χ0) is 31.4. The van der Waals surface area contributed by atoms with Gasteiger partial charge in [-0.2, -0.15) is 0 Å². The third kappa shape index (κ3) is 6.45. The van der Waals surface area contributed by atoms with Crippen molar-refractivity contribution in [2.45, 2.75) is 71.8 Å². The number of hydrogen-bond donors (Lipinski definition) is 1. The summed E-state index contributed by atoms with van der Waals surface area (Å²) in [5.74, 6) is 0.401. The van der Waals surface area contributed by atoms with Gasteiger partial charge in [-0.1, -0.05) is 44.5 Å². The van der Waals surface area contributed by atoms with Crippen LogP contribution in [0.2, 0.25) is 0 Å².